The highest BCUT2D eigenvalue weighted by Gasteiger charge is 2.25. The molecule has 0 fully saturated rings. The zero-order chi connectivity index (χ0) is 16.9. The molecule has 2 rings (SSSR count). The lowest BCUT2D eigenvalue weighted by Gasteiger charge is -2.19. The molecule has 0 saturated heterocycles. The van der Waals surface area contributed by atoms with E-state index in [0.717, 1.165) is 5.56 Å². The summed E-state index contributed by atoms with van der Waals surface area (Å²) >= 11 is 0. The number of methoxy groups -OCH3 is 1. The zero-order valence-corrected chi connectivity index (χ0v) is 13.8. The molecule has 1 heterocycles. The molecule has 0 bridgehead atoms. The normalized spacial score (nSPS) is 15.0. The van der Waals surface area contributed by atoms with Gasteiger partial charge in [-0.2, -0.15) is 0 Å². The Morgan fingerprint density at radius 2 is 2.09 bits per heavy atom. The van der Waals surface area contributed by atoms with Gasteiger partial charge < -0.3 is 9.84 Å². The largest absolute Gasteiger partial charge is 0.467 e. The van der Waals surface area contributed by atoms with Gasteiger partial charge in [0.15, 0.2) is 6.04 Å². The van der Waals surface area contributed by atoms with Gasteiger partial charge in [-0.15, -0.1) is 5.10 Å². The fraction of sp³-hybridized carbons (Fsp3) is 0.471. The van der Waals surface area contributed by atoms with Crippen molar-refractivity contribution in [1.29, 1.82) is 0 Å². The van der Waals surface area contributed by atoms with Gasteiger partial charge in [-0.3, -0.25) is 0 Å². The second kappa shape index (κ2) is 7.37. The van der Waals surface area contributed by atoms with Crippen molar-refractivity contribution in [3.05, 3.63) is 47.8 Å². The van der Waals surface area contributed by atoms with Crippen LogP contribution in [0.4, 0.5) is 0 Å². The molecule has 0 spiro atoms. The summed E-state index contributed by atoms with van der Waals surface area (Å²) in [7, 11) is 1.36. The Morgan fingerprint density at radius 1 is 1.39 bits per heavy atom. The van der Waals surface area contributed by atoms with Crippen molar-refractivity contribution < 1.29 is 14.6 Å². The summed E-state index contributed by atoms with van der Waals surface area (Å²) in [6.45, 7) is 3.67. The Bertz CT molecular complexity index is 638. The van der Waals surface area contributed by atoms with Crippen molar-refractivity contribution in [1.82, 2.24) is 15.0 Å². The van der Waals surface area contributed by atoms with Crippen molar-refractivity contribution in [3.8, 4) is 0 Å². The third kappa shape index (κ3) is 4.63. The van der Waals surface area contributed by atoms with E-state index in [9.17, 15) is 9.90 Å². The Labute approximate surface area is 136 Å². The summed E-state index contributed by atoms with van der Waals surface area (Å²) in [5.41, 5.74) is 0.834. The highest BCUT2D eigenvalue weighted by Crippen LogP contribution is 2.18. The molecule has 1 N–H and O–H groups in total. The van der Waals surface area contributed by atoms with E-state index >= 15 is 0 Å². The molecule has 1 aromatic carbocycles. The second-order valence-corrected chi connectivity index (χ2v) is 5.95. The van der Waals surface area contributed by atoms with Crippen LogP contribution in [0.3, 0.4) is 0 Å². The highest BCUT2D eigenvalue weighted by molar-refractivity contribution is 5.74. The molecular weight excluding hydrogens is 294 g/mol. The van der Waals surface area contributed by atoms with Crippen molar-refractivity contribution >= 4 is 5.97 Å². The van der Waals surface area contributed by atoms with Crippen LogP contribution in [0.5, 0.6) is 0 Å². The van der Waals surface area contributed by atoms with Crippen LogP contribution in [0.2, 0.25) is 0 Å². The molecule has 0 unspecified atom stereocenters. The number of aromatic nitrogens is 3. The number of aliphatic hydroxyl groups is 1. The van der Waals surface area contributed by atoms with Crippen molar-refractivity contribution in [2.24, 2.45) is 0 Å². The first kappa shape index (κ1) is 17.1. The van der Waals surface area contributed by atoms with Gasteiger partial charge in [0, 0.05) is 19.0 Å². The van der Waals surface area contributed by atoms with Crippen LogP contribution in [0.1, 0.15) is 37.6 Å². The average molecular weight is 317 g/mol. The van der Waals surface area contributed by atoms with E-state index in [2.05, 4.69) is 10.3 Å². The predicted octanol–water partition coefficient (Wildman–Crippen LogP) is 1.94. The monoisotopic (exact) mass is 317 g/mol. The summed E-state index contributed by atoms with van der Waals surface area (Å²) in [6.07, 6.45) is 3.18. The number of hydrogen-bond donors (Lipinski definition) is 1. The average Bonchev–Trinajstić information content (AvgIpc) is 3.00. The predicted molar refractivity (Wildman–Crippen MR) is 85.8 cm³/mol. The molecule has 6 nitrogen and oxygen atoms in total. The topological polar surface area (TPSA) is 77.2 Å². The van der Waals surface area contributed by atoms with Crippen LogP contribution < -0.4 is 0 Å². The van der Waals surface area contributed by atoms with Crippen LogP contribution in [0.15, 0.2) is 36.5 Å². The van der Waals surface area contributed by atoms with Crippen LogP contribution in [0, 0.1) is 0 Å². The number of carbonyl (C=O) groups is 1. The molecule has 0 aliphatic heterocycles. The van der Waals surface area contributed by atoms with Crippen molar-refractivity contribution in [2.75, 3.05) is 7.11 Å². The lowest BCUT2D eigenvalue weighted by Crippen LogP contribution is -2.26. The van der Waals surface area contributed by atoms with E-state index in [0.29, 0.717) is 25.0 Å². The van der Waals surface area contributed by atoms with E-state index in [4.69, 9.17) is 4.74 Å². The highest BCUT2D eigenvalue weighted by atomic mass is 16.5. The fourth-order valence-electron chi connectivity index (χ4n) is 2.32. The Kier molecular flexibility index (Phi) is 5.50. The van der Waals surface area contributed by atoms with E-state index < -0.39 is 11.6 Å². The maximum Gasteiger partial charge on any atom is 0.331 e. The van der Waals surface area contributed by atoms with E-state index in [-0.39, 0.29) is 5.97 Å². The number of benzene rings is 1. The van der Waals surface area contributed by atoms with Gasteiger partial charge in [0.2, 0.25) is 0 Å². The van der Waals surface area contributed by atoms with E-state index in [1.165, 1.54) is 11.8 Å². The number of rotatable bonds is 7. The lowest BCUT2D eigenvalue weighted by molar-refractivity contribution is -0.144. The van der Waals surface area contributed by atoms with Crippen LogP contribution in [0.25, 0.3) is 0 Å². The molecule has 1 aromatic heterocycles. The van der Waals surface area contributed by atoms with Gasteiger partial charge >= 0.3 is 5.97 Å². The first-order valence-corrected chi connectivity index (χ1v) is 7.70. The van der Waals surface area contributed by atoms with Gasteiger partial charge in [0.25, 0.3) is 0 Å². The number of hydrogen-bond acceptors (Lipinski definition) is 5. The third-order valence-corrected chi connectivity index (χ3v) is 3.95. The van der Waals surface area contributed by atoms with Crippen molar-refractivity contribution in [3.63, 3.8) is 0 Å². The summed E-state index contributed by atoms with van der Waals surface area (Å²) in [5, 5.41) is 18.3. The summed E-state index contributed by atoms with van der Waals surface area (Å²) in [5.74, 6) is -0.368. The Balaban J connectivity index is 2.20. The summed E-state index contributed by atoms with van der Waals surface area (Å²) in [6, 6.07) is 9.11. The minimum absolute atomic E-state index is 0.368. The third-order valence-electron chi connectivity index (χ3n) is 3.95. The summed E-state index contributed by atoms with van der Waals surface area (Å²) in [4.78, 5) is 12.1. The molecule has 23 heavy (non-hydrogen) atoms. The Hall–Kier alpha value is -2.21. The molecule has 0 aliphatic rings. The molecule has 124 valence electrons. The van der Waals surface area contributed by atoms with Gasteiger partial charge in [-0.05, 0) is 18.9 Å². The minimum Gasteiger partial charge on any atom is -0.467 e. The quantitative estimate of drug-likeness (QED) is 0.790. The molecule has 0 radical (unpaired) electrons. The fourth-order valence-corrected chi connectivity index (χ4v) is 2.32. The second-order valence-electron chi connectivity index (χ2n) is 5.95. The number of carbonyl (C=O) groups excluding carboxylic acids is 1. The first-order chi connectivity index (χ1) is 10.9. The number of ether oxygens (including phenoxy) is 1. The van der Waals surface area contributed by atoms with E-state index in [1.54, 1.807) is 13.1 Å². The van der Waals surface area contributed by atoms with Gasteiger partial charge in [0.05, 0.1) is 18.4 Å². The van der Waals surface area contributed by atoms with Crippen molar-refractivity contribution in [2.45, 2.75) is 44.8 Å². The van der Waals surface area contributed by atoms with Crippen LogP contribution in [-0.4, -0.2) is 38.8 Å². The molecule has 0 saturated carbocycles. The first-order valence-electron chi connectivity index (χ1n) is 7.70. The summed E-state index contributed by atoms with van der Waals surface area (Å²) < 4.78 is 6.41. The molecular formula is C17H23N3O3. The van der Waals surface area contributed by atoms with Gasteiger partial charge in [-0.25, -0.2) is 9.48 Å². The van der Waals surface area contributed by atoms with Gasteiger partial charge in [0.1, 0.15) is 0 Å². The van der Waals surface area contributed by atoms with Crippen LogP contribution in [-0.2, 0) is 22.4 Å². The SMILES string of the molecule is CC[C@@](C)(O)Cc1cn([C@@H](Cc2ccccc2)C(=O)OC)nn1. The lowest BCUT2D eigenvalue weighted by atomic mass is 9.98. The number of esters is 1. The molecule has 2 atom stereocenters. The molecule has 0 aliphatic carbocycles. The number of nitrogens with zero attached hydrogens (tertiary/aromatic N) is 3. The van der Waals surface area contributed by atoms with Gasteiger partial charge in [-0.1, -0.05) is 42.5 Å². The molecule has 0 amide bonds. The van der Waals surface area contributed by atoms with E-state index in [1.807, 2.05) is 37.3 Å². The standard InChI is InChI=1S/C17H23N3O3/c1-4-17(2,22)11-14-12-20(19-18-14)15(16(21)23-3)10-13-8-6-5-7-9-13/h5-9,12,15,22H,4,10-11H2,1-3H3/t15-,17+/m0/s1. The van der Waals surface area contributed by atoms with Crippen LogP contribution >= 0.6 is 0 Å². The molecule has 2 aromatic rings. The maximum atomic E-state index is 12.1. The Morgan fingerprint density at radius 3 is 2.70 bits per heavy atom. The minimum atomic E-state index is -0.832. The molecule has 6 heteroatoms. The maximum absolute atomic E-state index is 12.1. The zero-order valence-electron chi connectivity index (χ0n) is 13.8. The smallest absolute Gasteiger partial charge is 0.331 e.